The normalized spacial score (nSPS) is 15.4. The average molecular weight is 542 g/mol. The van der Waals surface area contributed by atoms with Gasteiger partial charge in [-0.05, 0) is 12.1 Å². The molecule has 0 aliphatic heterocycles. The molecule has 1 aromatic heterocycles. The Bertz CT molecular complexity index is 872. The van der Waals surface area contributed by atoms with Crippen molar-refractivity contribution in [3.8, 4) is 0 Å². The Morgan fingerprint density at radius 3 is 0.941 bits per heavy atom. The van der Waals surface area contributed by atoms with Crippen molar-refractivity contribution in [2.24, 2.45) is 8.82 Å². The van der Waals surface area contributed by atoms with Gasteiger partial charge in [-0.2, -0.15) is 0 Å². The van der Waals surface area contributed by atoms with E-state index in [1.165, 1.54) is 10.9 Å². The van der Waals surface area contributed by atoms with Crippen LogP contribution in [0.15, 0.2) is 27.0 Å². The molecule has 1 aromatic rings. The summed E-state index contributed by atoms with van der Waals surface area (Å²) in [6.45, 7) is 43.0. The maximum atomic E-state index is 5.85. The van der Waals surface area contributed by atoms with E-state index in [0.29, 0.717) is 0 Å². The van der Waals surface area contributed by atoms with E-state index in [0.717, 1.165) is 0 Å². The first kappa shape index (κ1) is 32.1. The molecule has 0 radical (unpaired) electrons. The van der Waals surface area contributed by atoms with Gasteiger partial charge in [0, 0.05) is 34.7 Å². The summed E-state index contributed by atoms with van der Waals surface area (Å²) in [4.78, 5) is 5.71. The monoisotopic (exact) mass is 541 g/mol. The summed E-state index contributed by atoms with van der Waals surface area (Å²) in [5.41, 5.74) is 2.46. The van der Waals surface area contributed by atoms with Crippen LogP contribution in [0.25, 0.3) is 0 Å². The molecule has 0 aliphatic rings. The van der Waals surface area contributed by atoms with Crippen LogP contribution < -0.4 is 10.9 Å². The summed E-state index contributed by atoms with van der Waals surface area (Å²) < 4.78 is 11.7. The number of aromatic nitrogens is 1. The van der Waals surface area contributed by atoms with E-state index >= 15 is 0 Å². The van der Waals surface area contributed by atoms with E-state index in [2.05, 4.69) is 141 Å². The van der Waals surface area contributed by atoms with Crippen molar-refractivity contribution in [3.63, 3.8) is 0 Å². The van der Waals surface area contributed by atoms with E-state index in [9.17, 15) is 0 Å². The van der Waals surface area contributed by atoms with Crippen molar-refractivity contribution >= 4 is 41.4 Å². The van der Waals surface area contributed by atoms with Crippen molar-refractivity contribution in [1.29, 1.82) is 0 Å². The molecule has 3 nitrogen and oxygen atoms in total. The fraction of sp³-hybridized carbons (Fsp3) is 0.815. The summed E-state index contributed by atoms with van der Waals surface area (Å²) in [6.07, 6.45) is 0. The van der Waals surface area contributed by atoms with Gasteiger partial charge in [-0.3, -0.25) is 0 Å². The topological polar surface area (TPSA) is 37.6 Å². The van der Waals surface area contributed by atoms with Crippen molar-refractivity contribution < 1.29 is 0 Å². The molecule has 34 heavy (non-hydrogen) atoms. The zero-order valence-corrected chi connectivity index (χ0v) is 29.8. The minimum Gasteiger partial charge on any atom is -0.331 e. The number of nitrogens with zero attached hydrogens (tertiary/aromatic N) is 3. The summed E-state index contributed by atoms with van der Waals surface area (Å²) in [6, 6.07) is 6.87. The van der Waals surface area contributed by atoms with E-state index in [-0.39, 0.29) is 20.6 Å². The third-order valence-corrected chi connectivity index (χ3v) is 23.0. The van der Waals surface area contributed by atoms with Crippen LogP contribution in [0.5, 0.6) is 0 Å². The Labute approximate surface area is 216 Å². The van der Waals surface area contributed by atoms with Gasteiger partial charge in [0.2, 0.25) is 0 Å². The Balaban J connectivity index is 4.45. The van der Waals surface area contributed by atoms with Crippen LogP contribution >= 0.6 is 14.1 Å². The fourth-order valence-corrected chi connectivity index (χ4v) is 26.5. The molecule has 1 rings (SSSR count). The molecular weight excluding hydrogens is 484 g/mol. The first-order valence-electron chi connectivity index (χ1n) is 12.9. The lowest BCUT2D eigenvalue weighted by Gasteiger charge is -2.50. The zero-order chi connectivity index (χ0) is 27.4. The van der Waals surface area contributed by atoms with Crippen molar-refractivity contribution in [2.75, 3.05) is 0 Å². The van der Waals surface area contributed by atoms with Crippen LogP contribution in [0.2, 0.25) is 39.3 Å². The molecule has 0 unspecified atom stereocenters. The highest BCUT2D eigenvalue weighted by molar-refractivity contribution is 7.78. The van der Waals surface area contributed by atoms with Crippen LogP contribution in [0.4, 0.5) is 0 Å². The second kappa shape index (κ2) is 9.41. The van der Waals surface area contributed by atoms with Gasteiger partial charge in [-0.1, -0.05) is 128 Å². The molecule has 0 spiro atoms. The maximum absolute atomic E-state index is 5.85. The van der Waals surface area contributed by atoms with Gasteiger partial charge in [0.25, 0.3) is 0 Å². The predicted octanol–water partition coefficient (Wildman–Crippen LogP) is 9.60. The molecule has 0 N–H and O–H groups in total. The Morgan fingerprint density at radius 1 is 0.529 bits per heavy atom. The quantitative estimate of drug-likeness (QED) is 0.276. The number of hydrogen-bond acceptors (Lipinski definition) is 3. The largest absolute Gasteiger partial charge is 0.331 e. The molecule has 0 aliphatic carbocycles. The first-order chi connectivity index (χ1) is 14.6. The van der Waals surface area contributed by atoms with Gasteiger partial charge in [-0.25, -0.2) is 4.98 Å². The molecular formula is C27H57N3P2Si2. The van der Waals surface area contributed by atoms with Crippen LogP contribution in [-0.4, -0.2) is 42.1 Å². The molecule has 0 fully saturated rings. The lowest BCUT2D eigenvalue weighted by atomic mass is 10.2. The van der Waals surface area contributed by atoms with Gasteiger partial charge >= 0.3 is 0 Å². The minimum atomic E-state index is -2.03. The highest BCUT2D eigenvalue weighted by Gasteiger charge is 2.49. The minimum absolute atomic E-state index is 0.0254. The summed E-state index contributed by atoms with van der Waals surface area (Å²) in [5.74, 6) is 0. The third kappa shape index (κ3) is 6.29. The lowest BCUT2D eigenvalue weighted by Crippen LogP contribution is -2.43. The molecule has 0 aromatic carbocycles. The summed E-state index contributed by atoms with van der Waals surface area (Å²) >= 11 is 0. The Hall–Kier alpha value is 0.0438. The highest BCUT2D eigenvalue weighted by Crippen LogP contribution is 2.71. The van der Waals surface area contributed by atoms with Crippen molar-refractivity contribution in [1.82, 2.24) is 4.98 Å². The van der Waals surface area contributed by atoms with Crippen LogP contribution in [-0.2, 0) is 0 Å². The standard InChI is InChI=1S/C27H57N3P2Si2/c1-24(2,3)31(25(4,5)6,29-33(13,14)15)22-20-19-21-23(28-22)32(26(7,8)9,27(10,11)12)30-34(16,17)18/h19-21H,1-18H3. The lowest BCUT2D eigenvalue weighted by molar-refractivity contribution is 0.701. The molecule has 1 heterocycles. The van der Waals surface area contributed by atoms with Crippen molar-refractivity contribution in [3.05, 3.63) is 18.2 Å². The van der Waals surface area contributed by atoms with Crippen molar-refractivity contribution in [2.45, 2.75) is 143 Å². The Morgan fingerprint density at radius 2 is 0.765 bits per heavy atom. The molecule has 198 valence electrons. The summed E-state index contributed by atoms with van der Waals surface area (Å²) in [7, 11) is -7.54. The molecule has 0 saturated heterocycles. The molecule has 0 saturated carbocycles. The molecule has 0 bridgehead atoms. The summed E-state index contributed by atoms with van der Waals surface area (Å²) in [5, 5.41) is 0.102. The van der Waals surface area contributed by atoms with E-state index in [1.54, 1.807) is 0 Å². The average Bonchev–Trinajstić information content (AvgIpc) is 2.51. The zero-order valence-electron chi connectivity index (χ0n) is 26.0. The maximum Gasteiger partial charge on any atom is 0.170 e. The smallest absolute Gasteiger partial charge is 0.170 e. The third-order valence-electron chi connectivity index (χ3n) is 6.17. The van der Waals surface area contributed by atoms with Gasteiger partial charge in [-0.15, -0.1) is 0 Å². The second-order valence-corrected chi connectivity index (χ2v) is 35.0. The first-order valence-corrected chi connectivity index (χ1v) is 23.3. The molecule has 0 amide bonds. The van der Waals surface area contributed by atoms with Gasteiger partial charge in [0.1, 0.15) is 0 Å². The molecule has 0 atom stereocenters. The molecule has 7 heteroatoms. The van der Waals surface area contributed by atoms with Gasteiger partial charge in [0.05, 0.1) is 10.9 Å². The van der Waals surface area contributed by atoms with E-state index in [4.69, 9.17) is 13.8 Å². The van der Waals surface area contributed by atoms with Crippen LogP contribution in [0.3, 0.4) is 0 Å². The number of pyridine rings is 1. The SMILES string of the molecule is CC(C)(C)P(=N[Si](C)(C)C)(c1cccc(P(=N[Si](C)(C)C)(C(C)(C)C)C(C)(C)C)n1)C(C)(C)C. The van der Waals surface area contributed by atoms with E-state index < -0.39 is 30.6 Å². The van der Waals surface area contributed by atoms with Crippen LogP contribution in [0, 0.1) is 0 Å². The fourth-order valence-electron chi connectivity index (χ4n) is 5.76. The van der Waals surface area contributed by atoms with Gasteiger partial charge < -0.3 is 8.82 Å². The Kier molecular flexibility index (Phi) is 8.88. The van der Waals surface area contributed by atoms with Crippen LogP contribution in [0.1, 0.15) is 83.1 Å². The number of hydrogen-bond donors (Lipinski definition) is 0. The number of rotatable bonds is 4. The highest BCUT2D eigenvalue weighted by atomic mass is 31.2. The second-order valence-electron chi connectivity index (χ2n) is 15.8. The van der Waals surface area contributed by atoms with Gasteiger partial charge in [0.15, 0.2) is 16.5 Å². The van der Waals surface area contributed by atoms with E-state index in [1.807, 2.05) is 0 Å². The predicted molar refractivity (Wildman–Crippen MR) is 168 cm³/mol.